The summed E-state index contributed by atoms with van der Waals surface area (Å²) in [5.41, 5.74) is 1.23. The first-order chi connectivity index (χ1) is 7.81. The first kappa shape index (κ1) is 11.9. The lowest BCUT2D eigenvalue weighted by Gasteiger charge is -2.28. The largest absolute Gasteiger partial charge is 0.393 e. The molecule has 2 atom stereocenters. The second kappa shape index (κ2) is 5.66. The second-order valence-corrected chi connectivity index (χ2v) is 5.27. The van der Waals surface area contributed by atoms with E-state index in [2.05, 4.69) is 23.3 Å². The highest BCUT2D eigenvalue weighted by Crippen LogP contribution is 2.29. The van der Waals surface area contributed by atoms with Crippen molar-refractivity contribution in [3.63, 3.8) is 0 Å². The van der Waals surface area contributed by atoms with Crippen LogP contribution in [0.2, 0.25) is 0 Å². The van der Waals surface area contributed by atoms with Crippen molar-refractivity contribution in [2.45, 2.75) is 36.9 Å². The third-order valence-corrected chi connectivity index (χ3v) is 3.74. The van der Waals surface area contributed by atoms with Gasteiger partial charge in [0.15, 0.2) is 0 Å². The molecule has 1 aromatic heterocycles. The monoisotopic (exact) mass is 238 g/mol. The summed E-state index contributed by atoms with van der Waals surface area (Å²) in [5, 5.41) is 14.2. The Morgan fingerprint density at radius 3 is 3.25 bits per heavy atom. The van der Waals surface area contributed by atoms with E-state index in [1.54, 1.807) is 11.8 Å². The lowest BCUT2D eigenvalue weighted by atomic mass is 9.97. The van der Waals surface area contributed by atoms with Gasteiger partial charge in [-0.3, -0.25) is 0 Å². The molecule has 0 radical (unpaired) electrons. The quantitative estimate of drug-likeness (QED) is 0.790. The summed E-state index contributed by atoms with van der Waals surface area (Å²) in [5.74, 6) is 1.03. The lowest BCUT2D eigenvalue weighted by molar-refractivity contribution is 0.116. The maximum atomic E-state index is 9.69. The van der Waals surface area contributed by atoms with Crippen LogP contribution in [0.5, 0.6) is 0 Å². The molecule has 1 aliphatic rings. The molecule has 0 bridgehead atoms. The molecule has 16 heavy (non-hydrogen) atoms. The Kier molecular flexibility index (Phi) is 4.21. The van der Waals surface area contributed by atoms with Crippen LogP contribution < -0.4 is 5.32 Å². The minimum atomic E-state index is -0.175. The highest BCUT2D eigenvalue weighted by molar-refractivity contribution is 7.99. The molecule has 88 valence electrons. The van der Waals surface area contributed by atoms with E-state index in [0.29, 0.717) is 0 Å². The number of rotatable bonds is 3. The third-order valence-electron chi connectivity index (χ3n) is 2.83. The zero-order valence-corrected chi connectivity index (χ0v) is 10.3. The molecule has 2 heterocycles. The van der Waals surface area contributed by atoms with Gasteiger partial charge in [-0.2, -0.15) is 0 Å². The molecule has 1 fully saturated rings. The van der Waals surface area contributed by atoms with Crippen molar-refractivity contribution in [3.05, 3.63) is 23.9 Å². The zero-order chi connectivity index (χ0) is 11.4. The highest BCUT2D eigenvalue weighted by atomic mass is 32.2. The fourth-order valence-corrected chi connectivity index (χ4v) is 2.85. The molecular formula is C12H18N2OS. The number of thioether (sulfide) groups is 1. The topological polar surface area (TPSA) is 45.2 Å². The normalized spacial score (nSPS) is 25.6. The van der Waals surface area contributed by atoms with E-state index >= 15 is 0 Å². The van der Waals surface area contributed by atoms with Gasteiger partial charge in [0.05, 0.1) is 6.10 Å². The zero-order valence-electron chi connectivity index (χ0n) is 9.52. The predicted molar refractivity (Wildman–Crippen MR) is 66.6 cm³/mol. The lowest BCUT2D eigenvalue weighted by Crippen LogP contribution is -2.34. The minimum Gasteiger partial charge on any atom is -0.393 e. The number of hydrogen-bond donors (Lipinski definition) is 2. The number of hydrogen-bond acceptors (Lipinski definition) is 4. The van der Waals surface area contributed by atoms with E-state index < -0.39 is 0 Å². The van der Waals surface area contributed by atoms with E-state index in [1.807, 2.05) is 12.3 Å². The van der Waals surface area contributed by atoms with Gasteiger partial charge in [-0.05, 0) is 31.2 Å². The fraction of sp³-hybridized carbons (Fsp3) is 0.583. The Labute approximate surface area is 101 Å². The van der Waals surface area contributed by atoms with Gasteiger partial charge in [-0.25, -0.2) is 4.98 Å². The maximum absolute atomic E-state index is 9.69. The standard InChI is InChI=1S/C12H18N2OS/c1-2-16-12-10(4-3-6-14-12)11-8-9(15)5-7-13-11/h3-4,6,9,11,13,15H,2,5,7-8H2,1H3. The summed E-state index contributed by atoms with van der Waals surface area (Å²) in [6.07, 6.45) is 3.31. The fourth-order valence-electron chi connectivity index (χ4n) is 2.06. The van der Waals surface area contributed by atoms with Crippen molar-refractivity contribution < 1.29 is 5.11 Å². The van der Waals surface area contributed by atoms with Gasteiger partial charge in [0.25, 0.3) is 0 Å². The van der Waals surface area contributed by atoms with Crippen LogP contribution in [0.25, 0.3) is 0 Å². The van der Waals surface area contributed by atoms with Crippen LogP contribution in [0, 0.1) is 0 Å². The van der Waals surface area contributed by atoms with Gasteiger partial charge in [0.2, 0.25) is 0 Å². The molecule has 2 unspecified atom stereocenters. The number of nitrogens with zero attached hydrogens (tertiary/aromatic N) is 1. The summed E-state index contributed by atoms with van der Waals surface area (Å²) in [6, 6.07) is 4.34. The summed E-state index contributed by atoms with van der Waals surface area (Å²) >= 11 is 1.76. The van der Waals surface area contributed by atoms with Crippen molar-refractivity contribution in [3.8, 4) is 0 Å². The van der Waals surface area contributed by atoms with E-state index in [-0.39, 0.29) is 12.1 Å². The van der Waals surface area contributed by atoms with Gasteiger partial charge in [0.1, 0.15) is 5.03 Å². The Balaban J connectivity index is 2.17. The third kappa shape index (κ3) is 2.75. The Morgan fingerprint density at radius 2 is 2.50 bits per heavy atom. The molecular weight excluding hydrogens is 220 g/mol. The molecule has 1 aromatic rings. The minimum absolute atomic E-state index is 0.175. The number of aliphatic hydroxyl groups excluding tert-OH is 1. The summed E-state index contributed by atoms with van der Waals surface area (Å²) in [7, 11) is 0. The van der Waals surface area contributed by atoms with Crippen LogP contribution >= 0.6 is 11.8 Å². The molecule has 0 spiro atoms. The summed E-state index contributed by atoms with van der Waals surface area (Å²) in [4.78, 5) is 4.41. The SMILES string of the molecule is CCSc1ncccc1C1CC(O)CCN1. The molecule has 0 aliphatic carbocycles. The van der Waals surface area contributed by atoms with Crippen LogP contribution in [-0.2, 0) is 0 Å². The van der Waals surface area contributed by atoms with Crippen molar-refractivity contribution in [1.29, 1.82) is 0 Å². The van der Waals surface area contributed by atoms with Gasteiger partial charge >= 0.3 is 0 Å². The van der Waals surface area contributed by atoms with Crippen LogP contribution in [0.3, 0.4) is 0 Å². The predicted octanol–water partition coefficient (Wildman–Crippen LogP) is 1.98. The number of piperidine rings is 1. The van der Waals surface area contributed by atoms with E-state index in [4.69, 9.17) is 0 Å². The van der Waals surface area contributed by atoms with Crippen molar-refractivity contribution in [2.75, 3.05) is 12.3 Å². The summed E-state index contributed by atoms with van der Waals surface area (Å²) < 4.78 is 0. The molecule has 4 heteroatoms. The molecule has 2 N–H and O–H groups in total. The molecule has 1 saturated heterocycles. The number of aliphatic hydroxyl groups is 1. The average molecular weight is 238 g/mol. The van der Waals surface area contributed by atoms with Gasteiger partial charge < -0.3 is 10.4 Å². The number of nitrogens with one attached hydrogen (secondary N) is 1. The second-order valence-electron chi connectivity index (χ2n) is 4.02. The van der Waals surface area contributed by atoms with E-state index in [1.165, 1.54) is 5.56 Å². The number of aromatic nitrogens is 1. The molecule has 0 saturated carbocycles. The van der Waals surface area contributed by atoms with E-state index in [9.17, 15) is 5.11 Å². The molecule has 2 rings (SSSR count). The van der Waals surface area contributed by atoms with Gasteiger partial charge in [-0.15, -0.1) is 11.8 Å². The van der Waals surface area contributed by atoms with Crippen molar-refractivity contribution in [2.24, 2.45) is 0 Å². The van der Waals surface area contributed by atoms with Crippen LogP contribution in [0.4, 0.5) is 0 Å². The molecule has 0 amide bonds. The van der Waals surface area contributed by atoms with Crippen LogP contribution in [0.1, 0.15) is 31.4 Å². The average Bonchev–Trinajstić information content (AvgIpc) is 2.30. The molecule has 1 aliphatic heterocycles. The first-order valence-electron chi connectivity index (χ1n) is 5.80. The Morgan fingerprint density at radius 1 is 1.62 bits per heavy atom. The Bertz CT molecular complexity index is 346. The number of pyridine rings is 1. The van der Waals surface area contributed by atoms with Crippen molar-refractivity contribution >= 4 is 11.8 Å². The smallest absolute Gasteiger partial charge is 0.101 e. The van der Waals surface area contributed by atoms with Gasteiger partial charge in [-0.1, -0.05) is 13.0 Å². The highest BCUT2D eigenvalue weighted by Gasteiger charge is 2.23. The van der Waals surface area contributed by atoms with Crippen LogP contribution in [0.15, 0.2) is 23.4 Å². The van der Waals surface area contributed by atoms with Crippen LogP contribution in [-0.4, -0.2) is 28.5 Å². The van der Waals surface area contributed by atoms with E-state index in [0.717, 1.165) is 30.2 Å². The van der Waals surface area contributed by atoms with Crippen molar-refractivity contribution in [1.82, 2.24) is 10.3 Å². The molecule has 3 nitrogen and oxygen atoms in total. The Hall–Kier alpha value is -0.580. The maximum Gasteiger partial charge on any atom is 0.101 e. The first-order valence-corrected chi connectivity index (χ1v) is 6.79. The summed E-state index contributed by atoms with van der Waals surface area (Å²) in [6.45, 7) is 3.02. The van der Waals surface area contributed by atoms with Gasteiger partial charge in [0, 0.05) is 17.8 Å². The molecule has 0 aromatic carbocycles.